The molecule has 0 saturated carbocycles. The average Bonchev–Trinajstić information content (AvgIpc) is 1.84. The summed E-state index contributed by atoms with van der Waals surface area (Å²) in [4.78, 5) is 9.38. The Morgan fingerprint density at radius 2 is 1.29 bits per heavy atom. The van der Waals surface area contributed by atoms with Crippen LogP contribution in [0.3, 0.4) is 0 Å². The molecule has 0 radical (unpaired) electrons. The van der Waals surface area contributed by atoms with Crippen LogP contribution in [0.4, 0.5) is 30.7 Å². The van der Waals surface area contributed by atoms with Crippen LogP contribution < -0.4 is 18.9 Å². The van der Waals surface area contributed by atoms with Crippen molar-refractivity contribution in [1.29, 1.82) is 0 Å². The van der Waals surface area contributed by atoms with Gasteiger partial charge in [-0.05, 0) is 0 Å². The number of hydrogen-bond acceptors (Lipinski definition) is 1. The maximum absolute atomic E-state index is 11.8. The largest absolute Gasteiger partial charge is 1.00 e. The van der Waals surface area contributed by atoms with Crippen LogP contribution in [0.2, 0.25) is 0 Å². The molecule has 0 aliphatic rings. The molecule has 80 valence electrons. The van der Waals surface area contributed by atoms with Gasteiger partial charge < -0.3 is 6.53 Å². The van der Waals surface area contributed by atoms with Crippen LogP contribution in [-0.2, 0) is 4.79 Å². The molecule has 0 amide bonds. The van der Waals surface area contributed by atoms with E-state index in [9.17, 15) is 35.5 Å². The predicted octanol–water partition coefficient (Wildman–Crippen LogP) is -0.980. The summed E-state index contributed by atoms with van der Waals surface area (Å²) in [6.07, 6.45) is -6.60. The molecule has 2 nitrogen and oxygen atoms in total. The van der Waals surface area contributed by atoms with Crippen molar-refractivity contribution in [1.82, 2.24) is 0 Å². The van der Waals surface area contributed by atoms with E-state index in [-0.39, 0.29) is 20.3 Å². The smallest absolute Gasteiger partial charge is 1.00 e. The second-order valence-corrected chi connectivity index (χ2v) is 1.95. The number of rotatable bonds is 2. The first-order valence-electron chi connectivity index (χ1n) is 2.50. The van der Waals surface area contributed by atoms with Gasteiger partial charge in [-0.25, -0.2) is 4.79 Å². The molecule has 10 heteroatoms. The van der Waals surface area contributed by atoms with Gasteiger partial charge in [0.25, 0.3) is 0 Å². The molecule has 0 aromatic heterocycles. The molecule has 0 aliphatic carbocycles. The van der Waals surface area contributed by atoms with Gasteiger partial charge in [-0.2, -0.15) is 30.7 Å². The van der Waals surface area contributed by atoms with Gasteiger partial charge in [0, 0.05) is 0 Å². The van der Waals surface area contributed by atoms with Gasteiger partial charge in [0.2, 0.25) is 0 Å². The van der Waals surface area contributed by atoms with Crippen molar-refractivity contribution in [3.8, 4) is 0 Å². The first-order chi connectivity index (χ1) is 5.44. The van der Waals surface area contributed by atoms with Crippen molar-refractivity contribution in [2.75, 3.05) is 0 Å². The van der Waals surface area contributed by atoms with Crippen molar-refractivity contribution >= 4 is 5.97 Å². The van der Waals surface area contributed by atoms with Crippen LogP contribution in [0.15, 0.2) is 0 Å². The van der Waals surface area contributed by atoms with E-state index in [4.69, 9.17) is 5.11 Å². The summed E-state index contributed by atoms with van der Waals surface area (Å²) in [6, 6.07) is 0. The molecule has 14 heavy (non-hydrogen) atoms. The quantitative estimate of drug-likeness (QED) is 0.481. The molecule has 0 aliphatic heterocycles. The molecule has 0 aromatic carbocycles. The average molecular weight is 222 g/mol. The van der Waals surface area contributed by atoms with E-state index in [0.29, 0.717) is 0 Å². The Balaban J connectivity index is -0.000000720. The van der Waals surface area contributed by atoms with Gasteiger partial charge in [0.1, 0.15) is 0 Å². The fourth-order valence-electron chi connectivity index (χ4n) is 0.312. The fourth-order valence-corrected chi connectivity index (χ4v) is 0.312. The van der Waals surface area contributed by atoms with Gasteiger partial charge in [0.15, 0.2) is 0 Å². The first-order valence-corrected chi connectivity index (χ1v) is 2.50. The second kappa shape index (κ2) is 3.98. The third kappa shape index (κ3) is 2.33. The molecule has 0 atom stereocenters. The molecule has 0 unspecified atom stereocenters. The van der Waals surface area contributed by atoms with Crippen LogP contribution in [0.5, 0.6) is 0 Å². The number of carboxylic acid groups (broad SMARTS) is 1. The van der Waals surface area contributed by atoms with Crippen LogP contribution in [0.1, 0.15) is 1.43 Å². The summed E-state index contributed by atoms with van der Waals surface area (Å²) in [7, 11) is 0. The summed E-state index contributed by atoms with van der Waals surface area (Å²) >= 11 is 0. The molecule has 0 bridgehead atoms. The maximum atomic E-state index is 11.8. The summed E-state index contributed by atoms with van der Waals surface area (Å²) in [5.41, 5.74) is 0. The molecule has 0 rings (SSSR count). The number of carbonyl (C=O) groups is 1. The zero-order valence-corrected chi connectivity index (χ0v) is 6.50. The number of aliphatic carboxylic acids is 1. The van der Waals surface area contributed by atoms with E-state index in [0.717, 1.165) is 0 Å². The number of carboxylic acids is 1. The zero-order chi connectivity index (χ0) is 11.1. The summed E-state index contributed by atoms with van der Waals surface area (Å²) in [6.45, 7) is 0. The van der Waals surface area contributed by atoms with Crippen molar-refractivity contribution in [2.45, 2.75) is 18.0 Å². The Bertz CT molecular complexity index is 228. The Kier molecular flexibility index (Phi) is 4.56. The molecule has 0 saturated heterocycles. The van der Waals surface area contributed by atoms with Crippen molar-refractivity contribution in [2.24, 2.45) is 0 Å². The molecular formula is C4H2F7LiO2. The van der Waals surface area contributed by atoms with E-state index >= 15 is 0 Å². The maximum Gasteiger partial charge on any atom is 1.00 e. The molecule has 1 N–H and O–H groups in total. The Morgan fingerprint density at radius 1 is 1.00 bits per heavy atom. The third-order valence-electron chi connectivity index (χ3n) is 1.02. The van der Waals surface area contributed by atoms with E-state index < -0.39 is 24.0 Å². The fraction of sp³-hybridized carbons (Fsp3) is 0.750. The normalized spacial score (nSPS) is 13.4. The zero-order valence-electron chi connectivity index (χ0n) is 7.50. The van der Waals surface area contributed by atoms with Gasteiger partial charge in [-0.15, -0.1) is 0 Å². The van der Waals surface area contributed by atoms with Crippen LogP contribution in [-0.4, -0.2) is 29.1 Å². The SMILES string of the molecule is O=C(O)C(F)(F)C(F)(F)C(F)(F)F.[H-].[Li+]. The molecule has 0 heterocycles. The van der Waals surface area contributed by atoms with E-state index in [1.54, 1.807) is 0 Å². The van der Waals surface area contributed by atoms with Crippen LogP contribution in [0, 0.1) is 0 Å². The molecule has 0 spiro atoms. The summed E-state index contributed by atoms with van der Waals surface area (Å²) in [5.74, 6) is -16.3. The van der Waals surface area contributed by atoms with Gasteiger partial charge >= 0.3 is 42.9 Å². The van der Waals surface area contributed by atoms with E-state index in [2.05, 4.69) is 0 Å². The Hall–Kier alpha value is -0.423. The van der Waals surface area contributed by atoms with Crippen molar-refractivity contribution in [3.05, 3.63) is 0 Å². The minimum absolute atomic E-state index is 0. The van der Waals surface area contributed by atoms with Crippen molar-refractivity contribution in [3.63, 3.8) is 0 Å². The van der Waals surface area contributed by atoms with Gasteiger partial charge in [-0.1, -0.05) is 0 Å². The van der Waals surface area contributed by atoms with E-state index in [1.165, 1.54) is 0 Å². The minimum Gasteiger partial charge on any atom is -1.00 e. The predicted molar refractivity (Wildman–Crippen MR) is 24.7 cm³/mol. The number of alkyl halides is 7. The summed E-state index contributed by atoms with van der Waals surface area (Å²) < 4.78 is 80.5. The topological polar surface area (TPSA) is 37.3 Å². The molecule has 0 aromatic rings. The Labute approximate surface area is 85.7 Å². The monoisotopic (exact) mass is 222 g/mol. The number of halogens is 7. The minimum atomic E-state index is -6.60. The summed E-state index contributed by atoms with van der Waals surface area (Å²) in [5, 5.41) is 7.41. The molecular weight excluding hydrogens is 220 g/mol. The second-order valence-electron chi connectivity index (χ2n) is 1.95. The van der Waals surface area contributed by atoms with E-state index in [1.807, 2.05) is 0 Å². The van der Waals surface area contributed by atoms with Crippen LogP contribution >= 0.6 is 0 Å². The van der Waals surface area contributed by atoms with Gasteiger partial charge in [-0.3, -0.25) is 0 Å². The first kappa shape index (κ1) is 16.0. The third-order valence-corrected chi connectivity index (χ3v) is 1.02. The Morgan fingerprint density at radius 3 is 1.36 bits per heavy atom. The standard InChI is InChI=1S/C4HF7O2.Li.H/c5-2(6,1(12)13)3(7,8)4(9,10)11;;/h(H,12,13);;/q;+1;-1. The number of hydrogen-bond donors (Lipinski definition) is 1. The van der Waals surface area contributed by atoms with Crippen molar-refractivity contribution < 1.29 is 60.9 Å². The van der Waals surface area contributed by atoms with Crippen LogP contribution in [0.25, 0.3) is 0 Å². The molecule has 0 fully saturated rings. The van der Waals surface area contributed by atoms with Gasteiger partial charge in [0.05, 0.1) is 0 Å².